The average molecular weight is 430 g/mol. The first-order valence-corrected chi connectivity index (χ1v) is 10.7. The molecule has 4 aromatic rings. The third-order valence-corrected chi connectivity index (χ3v) is 5.76. The molecule has 1 N–H and O–H groups in total. The number of carbonyl (C=O) groups excluding carboxylic acids is 2. The number of fused-ring (bicyclic) bond motifs is 1. The van der Waals surface area contributed by atoms with Crippen LogP contribution >= 0.6 is 0 Å². The van der Waals surface area contributed by atoms with Gasteiger partial charge in [0.1, 0.15) is 17.0 Å². The van der Waals surface area contributed by atoms with Gasteiger partial charge in [0.25, 0.3) is 11.8 Å². The van der Waals surface area contributed by atoms with Crippen molar-refractivity contribution in [1.82, 2.24) is 24.2 Å². The van der Waals surface area contributed by atoms with E-state index >= 15 is 0 Å². The predicted octanol–water partition coefficient (Wildman–Crippen LogP) is 3.18. The molecule has 2 amide bonds. The van der Waals surface area contributed by atoms with E-state index in [0.29, 0.717) is 30.8 Å². The van der Waals surface area contributed by atoms with Crippen LogP contribution in [0.1, 0.15) is 33.0 Å². The second-order valence-corrected chi connectivity index (χ2v) is 7.88. The maximum atomic E-state index is 13.4. The number of benzene rings is 1. The molecule has 164 valence electrons. The molecule has 0 aliphatic carbocycles. The lowest BCUT2D eigenvalue weighted by atomic mass is 10.0. The zero-order valence-electron chi connectivity index (χ0n) is 18.3. The van der Waals surface area contributed by atoms with E-state index in [-0.39, 0.29) is 17.9 Å². The number of hydrogen-bond donors (Lipinski definition) is 1. The highest BCUT2D eigenvalue weighted by Crippen LogP contribution is 2.16. The third kappa shape index (κ3) is 4.56. The Bertz CT molecular complexity index is 1210. The Balaban J connectivity index is 1.49. The minimum Gasteiger partial charge on any atom is -0.351 e. The van der Waals surface area contributed by atoms with Crippen molar-refractivity contribution in [2.24, 2.45) is 7.05 Å². The molecule has 7 nitrogen and oxygen atoms in total. The summed E-state index contributed by atoms with van der Waals surface area (Å²) in [6.07, 6.45) is 6.62. The Morgan fingerprint density at radius 2 is 1.78 bits per heavy atom. The lowest BCUT2D eigenvalue weighted by Gasteiger charge is -2.28. The molecule has 0 aliphatic rings. The normalized spacial score (nSPS) is 11.9. The molecule has 1 aromatic carbocycles. The number of nitrogens with one attached hydrogen (secondary N) is 1. The van der Waals surface area contributed by atoms with E-state index in [4.69, 9.17) is 0 Å². The molecule has 4 rings (SSSR count). The Hall–Kier alpha value is -3.87. The van der Waals surface area contributed by atoms with Crippen LogP contribution in [0.15, 0.2) is 79.3 Å². The van der Waals surface area contributed by atoms with Crippen molar-refractivity contribution in [2.45, 2.75) is 18.9 Å². The van der Waals surface area contributed by atoms with Gasteiger partial charge in [-0.1, -0.05) is 36.4 Å². The van der Waals surface area contributed by atoms with Gasteiger partial charge in [0.05, 0.1) is 6.20 Å². The molecule has 0 saturated carbocycles. The highest BCUT2D eigenvalue weighted by molar-refractivity contribution is 5.93. The highest BCUT2D eigenvalue weighted by atomic mass is 16.2. The van der Waals surface area contributed by atoms with E-state index in [1.807, 2.05) is 69.0 Å². The van der Waals surface area contributed by atoms with Gasteiger partial charge >= 0.3 is 0 Å². The first-order chi connectivity index (χ1) is 15.5. The fraction of sp³-hybridized carbons (Fsp3) is 0.240. The van der Waals surface area contributed by atoms with Gasteiger partial charge in [-0.3, -0.25) is 14.0 Å². The van der Waals surface area contributed by atoms with Gasteiger partial charge < -0.3 is 14.8 Å². The third-order valence-electron chi connectivity index (χ3n) is 5.76. The molecule has 0 spiro atoms. The Kier molecular flexibility index (Phi) is 6.35. The first kappa shape index (κ1) is 21.4. The average Bonchev–Trinajstić information content (AvgIpc) is 3.44. The smallest absolute Gasteiger partial charge is 0.272 e. The number of carbonyl (C=O) groups is 2. The number of aryl methyl sites for hydroxylation is 1. The summed E-state index contributed by atoms with van der Waals surface area (Å²) in [6.45, 7) is 0.465. The van der Waals surface area contributed by atoms with E-state index in [9.17, 15) is 9.59 Å². The van der Waals surface area contributed by atoms with Gasteiger partial charge in [0, 0.05) is 39.1 Å². The number of imidazole rings is 1. The van der Waals surface area contributed by atoms with E-state index in [1.54, 1.807) is 26.1 Å². The first-order valence-electron chi connectivity index (χ1n) is 10.7. The van der Waals surface area contributed by atoms with Gasteiger partial charge in [-0.15, -0.1) is 0 Å². The Morgan fingerprint density at radius 3 is 2.53 bits per heavy atom. The molecule has 32 heavy (non-hydrogen) atoms. The van der Waals surface area contributed by atoms with E-state index in [1.165, 1.54) is 0 Å². The number of nitrogens with zero attached hydrogens (tertiary/aromatic N) is 4. The minimum absolute atomic E-state index is 0.0899. The fourth-order valence-corrected chi connectivity index (χ4v) is 3.90. The molecule has 0 aliphatic heterocycles. The summed E-state index contributed by atoms with van der Waals surface area (Å²) >= 11 is 0. The molecular weight excluding hydrogens is 402 g/mol. The SMILES string of the molecule is CN(C(=O)c1cnc2ccccn12)C(CCNC(=O)c1cccn1C)Cc1ccccc1. The van der Waals surface area contributed by atoms with Crippen LogP contribution in [-0.2, 0) is 13.5 Å². The van der Waals surface area contributed by atoms with Crippen LogP contribution in [0, 0.1) is 0 Å². The van der Waals surface area contributed by atoms with Gasteiger partial charge in [0.15, 0.2) is 0 Å². The van der Waals surface area contributed by atoms with Crippen molar-refractivity contribution >= 4 is 17.5 Å². The molecule has 1 atom stereocenters. The van der Waals surface area contributed by atoms with Crippen molar-refractivity contribution in [3.8, 4) is 0 Å². The van der Waals surface area contributed by atoms with Crippen molar-refractivity contribution in [2.75, 3.05) is 13.6 Å². The zero-order valence-corrected chi connectivity index (χ0v) is 18.3. The number of amides is 2. The molecular formula is C25H27N5O2. The van der Waals surface area contributed by atoms with Crippen LogP contribution in [0.3, 0.4) is 0 Å². The summed E-state index contributed by atoms with van der Waals surface area (Å²) < 4.78 is 3.59. The lowest BCUT2D eigenvalue weighted by molar-refractivity contribution is 0.0716. The lowest BCUT2D eigenvalue weighted by Crippen LogP contribution is -2.41. The van der Waals surface area contributed by atoms with Gasteiger partial charge in [-0.2, -0.15) is 0 Å². The molecule has 7 heteroatoms. The van der Waals surface area contributed by atoms with Crippen LogP contribution in [0.4, 0.5) is 0 Å². The molecule has 3 aromatic heterocycles. The summed E-state index contributed by atoms with van der Waals surface area (Å²) in [7, 11) is 3.66. The van der Waals surface area contributed by atoms with Crippen molar-refractivity contribution in [3.05, 3.63) is 96.2 Å². The van der Waals surface area contributed by atoms with Crippen molar-refractivity contribution < 1.29 is 9.59 Å². The summed E-state index contributed by atoms with van der Waals surface area (Å²) in [6, 6.07) is 19.3. The van der Waals surface area contributed by atoms with E-state index in [2.05, 4.69) is 22.4 Å². The topological polar surface area (TPSA) is 71.6 Å². The Labute approximate surface area is 187 Å². The van der Waals surface area contributed by atoms with E-state index < -0.39 is 0 Å². The number of aromatic nitrogens is 3. The second-order valence-electron chi connectivity index (χ2n) is 7.88. The fourth-order valence-electron chi connectivity index (χ4n) is 3.90. The van der Waals surface area contributed by atoms with Crippen molar-refractivity contribution in [3.63, 3.8) is 0 Å². The molecule has 1 unspecified atom stereocenters. The zero-order chi connectivity index (χ0) is 22.5. The number of likely N-dealkylation sites (N-methyl/N-ethyl adjacent to an activating group) is 1. The van der Waals surface area contributed by atoms with Crippen LogP contribution in [0.2, 0.25) is 0 Å². The second kappa shape index (κ2) is 9.51. The molecule has 0 bridgehead atoms. The number of rotatable bonds is 8. The molecule has 3 heterocycles. The standard InChI is InChI=1S/C25H27N5O2/c1-28-15-8-11-21(28)24(31)26-14-13-20(17-19-9-4-3-5-10-19)29(2)25(32)22-18-27-23-12-6-7-16-30(22)23/h3-12,15-16,18,20H,13-14,17H2,1-2H3,(H,26,31). The largest absolute Gasteiger partial charge is 0.351 e. The summed E-state index contributed by atoms with van der Waals surface area (Å²) in [4.78, 5) is 31.9. The monoisotopic (exact) mass is 429 g/mol. The van der Waals surface area contributed by atoms with Gasteiger partial charge in [0.2, 0.25) is 0 Å². The van der Waals surface area contributed by atoms with Crippen LogP contribution < -0.4 is 5.32 Å². The maximum absolute atomic E-state index is 13.4. The van der Waals surface area contributed by atoms with Crippen LogP contribution in [0.25, 0.3) is 5.65 Å². The Morgan fingerprint density at radius 1 is 1.00 bits per heavy atom. The quantitative estimate of drug-likeness (QED) is 0.468. The van der Waals surface area contributed by atoms with E-state index in [0.717, 1.165) is 11.2 Å². The van der Waals surface area contributed by atoms with Crippen LogP contribution in [-0.4, -0.2) is 50.3 Å². The number of hydrogen-bond acceptors (Lipinski definition) is 3. The molecule has 0 saturated heterocycles. The summed E-state index contributed by atoms with van der Waals surface area (Å²) in [5.74, 6) is -0.217. The van der Waals surface area contributed by atoms with Crippen molar-refractivity contribution in [1.29, 1.82) is 0 Å². The highest BCUT2D eigenvalue weighted by Gasteiger charge is 2.24. The summed E-state index contributed by atoms with van der Waals surface area (Å²) in [5, 5.41) is 2.99. The van der Waals surface area contributed by atoms with Crippen LogP contribution in [0.5, 0.6) is 0 Å². The van der Waals surface area contributed by atoms with Gasteiger partial charge in [-0.25, -0.2) is 4.98 Å². The molecule has 0 fully saturated rings. The minimum atomic E-state index is -0.119. The maximum Gasteiger partial charge on any atom is 0.272 e. The number of pyridine rings is 1. The van der Waals surface area contributed by atoms with Gasteiger partial charge in [-0.05, 0) is 42.7 Å². The molecule has 0 radical (unpaired) electrons. The summed E-state index contributed by atoms with van der Waals surface area (Å²) in [5.41, 5.74) is 3.01. The predicted molar refractivity (Wildman–Crippen MR) is 124 cm³/mol.